The lowest BCUT2D eigenvalue weighted by molar-refractivity contribution is -0.144. The second-order valence-electron chi connectivity index (χ2n) is 10.4. The van der Waals surface area contributed by atoms with Crippen molar-refractivity contribution in [3.8, 4) is 17.2 Å². The number of hydrogen-bond acceptors (Lipinski definition) is 8. The topological polar surface area (TPSA) is 91.0 Å². The fraction of sp³-hybridized carbons (Fsp3) is 0.257. The molecular weight excluding hydrogens is 617 g/mol. The van der Waals surface area contributed by atoms with E-state index in [1.807, 2.05) is 48.7 Å². The van der Waals surface area contributed by atoms with Gasteiger partial charge < -0.3 is 13.9 Å². The number of alkyl halides is 3. The molecule has 2 heterocycles. The van der Waals surface area contributed by atoms with E-state index in [-0.39, 0.29) is 18.6 Å². The number of thiophene rings is 1. The van der Waals surface area contributed by atoms with Crippen molar-refractivity contribution in [1.29, 1.82) is 0 Å². The van der Waals surface area contributed by atoms with Crippen LogP contribution in [-0.2, 0) is 22.4 Å². The highest BCUT2D eigenvalue weighted by molar-refractivity contribution is 7.17. The Morgan fingerprint density at radius 1 is 1.00 bits per heavy atom. The molecule has 238 valence electrons. The number of ether oxygens (including phenoxy) is 2. The third-order valence-electron chi connectivity index (χ3n) is 7.20. The minimum atomic E-state index is -4.92. The number of oxazole rings is 1. The molecule has 7 nitrogen and oxygen atoms in total. The first kappa shape index (κ1) is 32.6. The molecule has 46 heavy (non-hydrogen) atoms. The van der Waals surface area contributed by atoms with E-state index in [0.29, 0.717) is 36.0 Å². The van der Waals surface area contributed by atoms with E-state index in [2.05, 4.69) is 9.98 Å². The van der Waals surface area contributed by atoms with E-state index in [1.54, 1.807) is 37.3 Å². The zero-order valence-corrected chi connectivity index (χ0v) is 26.0. The van der Waals surface area contributed by atoms with Gasteiger partial charge in [0.15, 0.2) is 11.8 Å². The predicted molar refractivity (Wildman–Crippen MR) is 171 cm³/mol. The van der Waals surface area contributed by atoms with Gasteiger partial charge in [0.1, 0.15) is 17.2 Å². The minimum Gasteiger partial charge on any atom is -0.493 e. The summed E-state index contributed by atoms with van der Waals surface area (Å²) in [6.45, 7) is 3.69. The molecular formula is C35H31F3N2O5S. The number of Topliss-reactive ketones (excluding diaryl/α,β-unsaturated/α-hetero) is 1. The number of benzene rings is 3. The second-order valence-corrected chi connectivity index (χ2v) is 11.3. The first-order chi connectivity index (χ1) is 22.1. The third kappa shape index (κ3) is 7.89. The Hall–Kier alpha value is -4.77. The molecule has 0 aliphatic carbocycles. The van der Waals surface area contributed by atoms with Gasteiger partial charge in [-0.05, 0) is 49.1 Å². The Labute approximate surface area is 267 Å². The fourth-order valence-electron chi connectivity index (χ4n) is 4.92. The monoisotopic (exact) mass is 648 g/mol. The summed E-state index contributed by atoms with van der Waals surface area (Å²) in [6.07, 6.45) is -5.58. The molecule has 0 N–H and O–H groups in total. The Morgan fingerprint density at radius 2 is 1.72 bits per heavy atom. The van der Waals surface area contributed by atoms with Crippen LogP contribution >= 0.6 is 11.3 Å². The molecule has 0 amide bonds. The number of aryl methyl sites for hydroxylation is 1. The molecule has 0 fully saturated rings. The maximum absolute atomic E-state index is 14.1. The van der Waals surface area contributed by atoms with Crippen LogP contribution in [0.25, 0.3) is 21.5 Å². The van der Waals surface area contributed by atoms with E-state index in [0.717, 1.165) is 21.3 Å². The van der Waals surface area contributed by atoms with Crippen molar-refractivity contribution in [3.63, 3.8) is 0 Å². The lowest BCUT2D eigenvalue weighted by Gasteiger charge is -2.17. The SMILES string of the molecule is CCOC(=O)C(Cc1ccc(OCCc2nc(-c3ccccc3)oc2C)c2ccsc12)N=C(CC(=O)c1ccccc1)C(F)(F)F. The van der Waals surface area contributed by atoms with Crippen LogP contribution in [0.1, 0.15) is 40.7 Å². The van der Waals surface area contributed by atoms with E-state index in [9.17, 15) is 22.8 Å². The van der Waals surface area contributed by atoms with E-state index < -0.39 is 36.1 Å². The summed E-state index contributed by atoms with van der Waals surface area (Å²) in [5.41, 5.74) is 1.05. The molecule has 0 aliphatic rings. The van der Waals surface area contributed by atoms with Crippen LogP contribution in [-0.4, -0.2) is 47.9 Å². The average Bonchev–Trinajstić information content (AvgIpc) is 3.69. The Bertz CT molecular complexity index is 1830. The molecule has 11 heteroatoms. The summed E-state index contributed by atoms with van der Waals surface area (Å²) in [7, 11) is 0. The number of carbonyl (C=O) groups is 2. The van der Waals surface area contributed by atoms with Gasteiger partial charge in [0.25, 0.3) is 0 Å². The highest BCUT2D eigenvalue weighted by Crippen LogP contribution is 2.34. The quantitative estimate of drug-likeness (QED) is 0.0726. The Balaban J connectivity index is 1.34. The molecule has 5 rings (SSSR count). The lowest BCUT2D eigenvalue weighted by atomic mass is 10.0. The van der Waals surface area contributed by atoms with Gasteiger partial charge in [-0.2, -0.15) is 13.2 Å². The lowest BCUT2D eigenvalue weighted by Crippen LogP contribution is -2.32. The summed E-state index contributed by atoms with van der Waals surface area (Å²) in [6, 6.07) is 21.0. The molecule has 1 unspecified atom stereocenters. The van der Waals surface area contributed by atoms with Crippen molar-refractivity contribution in [1.82, 2.24) is 4.98 Å². The van der Waals surface area contributed by atoms with Crippen LogP contribution in [0.3, 0.4) is 0 Å². The summed E-state index contributed by atoms with van der Waals surface area (Å²) in [5.74, 6) is 0.172. The number of fused-ring (bicyclic) bond motifs is 1. The molecule has 0 aliphatic heterocycles. The number of nitrogens with zero attached hydrogens (tertiary/aromatic N) is 2. The molecule has 0 spiro atoms. The molecule has 0 saturated heterocycles. The molecule has 2 aromatic heterocycles. The van der Waals surface area contributed by atoms with Crippen molar-refractivity contribution in [2.24, 2.45) is 4.99 Å². The van der Waals surface area contributed by atoms with Gasteiger partial charge in [-0.3, -0.25) is 9.79 Å². The van der Waals surface area contributed by atoms with Crippen molar-refractivity contribution in [3.05, 3.63) is 107 Å². The maximum atomic E-state index is 14.1. The number of carbonyl (C=O) groups excluding carboxylic acids is 2. The Kier molecular flexibility index (Phi) is 10.3. The highest BCUT2D eigenvalue weighted by atomic mass is 32.1. The number of aliphatic imine (C=N–C) groups is 1. The van der Waals surface area contributed by atoms with Crippen LogP contribution in [0.5, 0.6) is 5.75 Å². The number of esters is 1. The number of ketones is 1. The number of halogens is 3. The summed E-state index contributed by atoms with van der Waals surface area (Å²) < 4.78 is 60.1. The first-order valence-electron chi connectivity index (χ1n) is 14.7. The van der Waals surface area contributed by atoms with Crippen LogP contribution in [0.15, 0.2) is 93.7 Å². The van der Waals surface area contributed by atoms with Crippen LogP contribution in [0.2, 0.25) is 0 Å². The molecule has 5 aromatic rings. The minimum absolute atomic E-state index is 0.0336. The third-order valence-corrected chi connectivity index (χ3v) is 8.19. The van der Waals surface area contributed by atoms with Crippen molar-refractivity contribution in [2.45, 2.75) is 45.3 Å². The van der Waals surface area contributed by atoms with E-state index in [4.69, 9.17) is 13.9 Å². The standard InChI is InChI=1S/C35H31F3N2O5S/c1-3-43-34(42)28(39-31(35(36,37)38)21-29(41)23-10-6-4-7-11-23)20-25-14-15-30(26-17-19-46-32(25)26)44-18-16-27-22(2)45-33(40-27)24-12-8-5-9-13-24/h4-15,17,19,28H,3,16,18,20-21H2,1-2H3. The van der Waals surface area contributed by atoms with Crippen molar-refractivity contribution in [2.75, 3.05) is 13.2 Å². The summed E-state index contributed by atoms with van der Waals surface area (Å²) in [4.78, 5) is 34.0. The zero-order chi connectivity index (χ0) is 32.7. The fourth-order valence-corrected chi connectivity index (χ4v) is 5.85. The highest BCUT2D eigenvalue weighted by Gasteiger charge is 2.38. The molecule has 0 radical (unpaired) electrons. The summed E-state index contributed by atoms with van der Waals surface area (Å²) >= 11 is 1.38. The molecule has 3 aromatic carbocycles. The van der Waals surface area contributed by atoms with Gasteiger partial charge >= 0.3 is 12.1 Å². The van der Waals surface area contributed by atoms with Crippen molar-refractivity contribution >= 4 is 38.9 Å². The zero-order valence-electron chi connectivity index (χ0n) is 25.2. The van der Waals surface area contributed by atoms with Crippen LogP contribution in [0.4, 0.5) is 13.2 Å². The van der Waals surface area contributed by atoms with Crippen LogP contribution < -0.4 is 4.74 Å². The van der Waals surface area contributed by atoms with Gasteiger partial charge in [-0.1, -0.05) is 54.6 Å². The Morgan fingerprint density at radius 3 is 2.41 bits per heavy atom. The largest absolute Gasteiger partial charge is 0.493 e. The van der Waals surface area contributed by atoms with Gasteiger partial charge in [0.2, 0.25) is 5.89 Å². The molecule has 0 bridgehead atoms. The molecule has 0 saturated carbocycles. The van der Waals surface area contributed by atoms with Gasteiger partial charge in [0, 0.05) is 34.1 Å². The summed E-state index contributed by atoms with van der Waals surface area (Å²) in [5, 5.41) is 2.60. The number of aromatic nitrogens is 1. The second kappa shape index (κ2) is 14.6. The number of rotatable bonds is 13. The van der Waals surface area contributed by atoms with Gasteiger partial charge in [0.05, 0.1) is 25.3 Å². The number of hydrogen-bond donors (Lipinski definition) is 0. The maximum Gasteiger partial charge on any atom is 0.429 e. The smallest absolute Gasteiger partial charge is 0.429 e. The van der Waals surface area contributed by atoms with E-state index >= 15 is 0 Å². The normalized spacial score (nSPS) is 12.7. The van der Waals surface area contributed by atoms with Crippen molar-refractivity contribution < 1.29 is 36.7 Å². The van der Waals surface area contributed by atoms with Crippen LogP contribution in [0, 0.1) is 6.92 Å². The average molecular weight is 649 g/mol. The molecule has 1 atom stereocenters. The predicted octanol–water partition coefficient (Wildman–Crippen LogP) is 8.24. The van der Waals surface area contributed by atoms with E-state index in [1.165, 1.54) is 23.5 Å². The first-order valence-corrected chi connectivity index (χ1v) is 15.5. The van der Waals surface area contributed by atoms with Gasteiger partial charge in [-0.15, -0.1) is 11.3 Å². The van der Waals surface area contributed by atoms with Gasteiger partial charge in [-0.25, -0.2) is 9.78 Å².